The van der Waals surface area contributed by atoms with Crippen molar-refractivity contribution in [1.29, 1.82) is 0 Å². The van der Waals surface area contributed by atoms with Gasteiger partial charge in [-0.05, 0) is 44.4 Å². The number of rotatable bonds is 4. The number of hydrogen-bond acceptors (Lipinski definition) is 4. The summed E-state index contributed by atoms with van der Waals surface area (Å²) in [5, 5.41) is 13.7. The van der Waals surface area contributed by atoms with E-state index in [-0.39, 0.29) is 6.10 Å². The zero-order valence-corrected chi connectivity index (χ0v) is 14.3. The van der Waals surface area contributed by atoms with Crippen LogP contribution < -0.4 is 0 Å². The number of benzene rings is 1. The van der Waals surface area contributed by atoms with E-state index in [1.165, 1.54) is 0 Å². The molecule has 1 aliphatic heterocycles. The van der Waals surface area contributed by atoms with Crippen molar-refractivity contribution in [3.05, 3.63) is 40.4 Å². The van der Waals surface area contributed by atoms with Gasteiger partial charge in [0.1, 0.15) is 5.01 Å². The maximum absolute atomic E-state index is 9.79. The number of piperidine rings is 1. The molecule has 2 aromatic rings. The Hall–Kier alpha value is -0.940. The van der Waals surface area contributed by atoms with Gasteiger partial charge in [-0.3, -0.25) is 4.90 Å². The molecule has 0 aliphatic carbocycles. The van der Waals surface area contributed by atoms with Crippen LogP contribution in [0.2, 0.25) is 5.02 Å². The first-order valence-corrected chi connectivity index (χ1v) is 8.98. The maximum atomic E-state index is 9.79. The van der Waals surface area contributed by atoms with Gasteiger partial charge in [-0.1, -0.05) is 23.7 Å². The SMILES string of the molecule is CC(O)C1CCCN(Cc2csc(-c3ccc(Cl)cc3)n2)C1. The molecule has 2 unspecified atom stereocenters. The van der Waals surface area contributed by atoms with Crippen LogP contribution in [-0.4, -0.2) is 34.2 Å². The number of hydrogen-bond donors (Lipinski definition) is 1. The molecule has 22 heavy (non-hydrogen) atoms. The molecule has 0 bridgehead atoms. The standard InChI is InChI=1S/C17H21ClN2OS/c1-12(21)14-3-2-8-20(9-14)10-16-11-22-17(19-16)13-4-6-15(18)7-5-13/h4-7,11-12,14,21H,2-3,8-10H2,1H3. The highest BCUT2D eigenvalue weighted by atomic mass is 35.5. The minimum atomic E-state index is -0.220. The summed E-state index contributed by atoms with van der Waals surface area (Å²) >= 11 is 7.60. The molecule has 1 aromatic heterocycles. The molecule has 1 saturated heterocycles. The van der Waals surface area contributed by atoms with Crippen LogP contribution in [0.5, 0.6) is 0 Å². The minimum Gasteiger partial charge on any atom is -0.393 e. The smallest absolute Gasteiger partial charge is 0.123 e. The first-order valence-electron chi connectivity index (χ1n) is 7.72. The third kappa shape index (κ3) is 3.87. The highest BCUT2D eigenvalue weighted by molar-refractivity contribution is 7.13. The lowest BCUT2D eigenvalue weighted by Crippen LogP contribution is -2.39. The number of aromatic nitrogens is 1. The Morgan fingerprint density at radius 2 is 2.18 bits per heavy atom. The van der Waals surface area contributed by atoms with Gasteiger partial charge in [-0.2, -0.15) is 0 Å². The van der Waals surface area contributed by atoms with Crippen molar-refractivity contribution in [3.8, 4) is 10.6 Å². The van der Waals surface area contributed by atoms with E-state index in [1.54, 1.807) is 11.3 Å². The fourth-order valence-electron chi connectivity index (χ4n) is 2.96. The van der Waals surface area contributed by atoms with Crippen LogP contribution in [-0.2, 0) is 6.54 Å². The number of thiazole rings is 1. The van der Waals surface area contributed by atoms with Crippen molar-refractivity contribution < 1.29 is 5.11 Å². The van der Waals surface area contributed by atoms with Crippen molar-refractivity contribution >= 4 is 22.9 Å². The highest BCUT2D eigenvalue weighted by Gasteiger charge is 2.23. The first kappa shape index (κ1) is 15.9. The molecule has 2 heterocycles. The minimum absolute atomic E-state index is 0.220. The Labute approximate surface area is 140 Å². The normalized spacial score (nSPS) is 21.0. The van der Waals surface area contributed by atoms with E-state index < -0.39 is 0 Å². The summed E-state index contributed by atoms with van der Waals surface area (Å²) < 4.78 is 0. The number of likely N-dealkylation sites (tertiary alicyclic amines) is 1. The van der Waals surface area contributed by atoms with E-state index in [0.29, 0.717) is 5.92 Å². The summed E-state index contributed by atoms with van der Waals surface area (Å²) in [5.74, 6) is 0.392. The lowest BCUT2D eigenvalue weighted by Gasteiger charge is -2.33. The van der Waals surface area contributed by atoms with Gasteiger partial charge in [0, 0.05) is 29.1 Å². The second-order valence-corrected chi connectivity index (χ2v) is 7.32. The van der Waals surface area contributed by atoms with Gasteiger partial charge in [-0.15, -0.1) is 11.3 Å². The van der Waals surface area contributed by atoms with Crippen molar-refractivity contribution in [2.75, 3.05) is 13.1 Å². The van der Waals surface area contributed by atoms with Crippen molar-refractivity contribution in [1.82, 2.24) is 9.88 Å². The first-order chi connectivity index (χ1) is 10.6. The molecular weight excluding hydrogens is 316 g/mol. The molecule has 1 fully saturated rings. The largest absolute Gasteiger partial charge is 0.393 e. The fourth-order valence-corrected chi connectivity index (χ4v) is 3.91. The Kier molecular flexibility index (Phi) is 5.14. The van der Waals surface area contributed by atoms with Crippen molar-refractivity contribution in [3.63, 3.8) is 0 Å². The van der Waals surface area contributed by atoms with Crippen LogP contribution in [0.15, 0.2) is 29.6 Å². The Morgan fingerprint density at radius 3 is 2.91 bits per heavy atom. The molecule has 0 amide bonds. The second-order valence-electron chi connectivity index (χ2n) is 6.03. The average molecular weight is 337 g/mol. The number of aliphatic hydroxyl groups excluding tert-OH is 1. The topological polar surface area (TPSA) is 36.4 Å². The van der Waals surface area contributed by atoms with E-state index in [9.17, 15) is 5.11 Å². The molecule has 118 valence electrons. The molecule has 2 atom stereocenters. The summed E-state index contributed by atoms with van der Waals surface area (Å²) in [6.07, 6.45) is 2.06. The Morgan fingerprint density at radius 1 is 1.41 bits per heavy atom. The van der Waals surface area contributed by atoms with Crippen LogP contribution in [0, 0.1) is 5.92 Å². The monoisotopic (exact) mass is 336 g/mol. The Bertz CT molecular complexity index is 611. The van der Waals surface area contributed by atoms with E-state index in [0.717, 1.165) is 53.8 Å². The quantitative estimate of drug-likeness (QED) is 0.914. The summed E-state index contributed by atoms with van der Waals surface area (Å²) in [6.45, 7) is 4.82. The van der Waals surface area contributed by atoms with E-state index >= 15 is 0 Å². The molecule has 0 spiro atoms. The highest BCUT2D eigenvalue weighted by Crippen LogP contribution is 2.27. The average Bonchev–Trinajstić information content (AvgIpc) is 2.96. The molecule has 5 heteroatoms. The molecule has 1 aliphatic rings. The number of nitrogens with zero attached hydrogens (tertiary/aromatic N) is 2. The van der Waals surface area contributed by atoms with Gasteiger partial charge in [0.15, 0.2) is 0 Å². The maximum Gasteiger partial charge on any atom is 0.123 e. The van der Waals surface area contributed by atoms with E-state index in [1.807, 2.05) is 31.2 Å². The molecule has 1 aromatic carbocycles. The second kappa shape index (κ2) is 7.09. The summed E-state index contributed by atoms with van der Waals surface area (Å²) in [7, 11) is 0. The summed E-state index contributed by atoms with van der Waals surface area (Å²) in [5.41, 5.74) is 2.22. The fraction of sp³-hybridized carbons (Fsp3) is 0.471. The van der Waals surface area contributed by atoms with Crippen LogP contribution >= 0.6 is 22.9 Å². The number of halogens is 1. The lowest BCUT2D eigenvalue weighted by molar-refractivity contribution is 0.0595. The third-order valence-corrected chi connectivity index (χ3v) is 5.44. The van der Waals surface area contributed by atoms with Crippen molar-refractivity contribution in [2.24, 2.45) is 5.92 Å². The van der Waals surface area contributed by atoms with Gasteiger partial charge in [0.2, 0.25) is 0 Å². The zero-order valence-electron chi connectivity index (χ0n) is 12.7. The van der Waals surface area contributed by atoms with Gasteiger partial charge >= 0.3 is 0 Å². The number of aliphatic hydroxyl groups is 1. The molecule has 1 N–H and O–H groups in total. The van der Waals surface area contributed by atoms with Gasteiger partial charge in [0.05, 0.1) is 11.8 Å². The van der Waals surface area contributed by atoms with E-state index in [2.05, 4.69) is 10.3 Å². The summed E-state index contributed by atoms with van der Waals surface area (Å²) in [4.78, 5) is 7.15. The third-order valence-electron chi connectivity index (χ3n) is 4.25. The Balaban J connectivity index is 1.65. The summed E-state index contributed by atoms with van der Waals surface area (Å²) in [6, 6.07) is 7.82. The van der Waals surface area contributed by atoms with Crippen molar-refractivity contribution in [2.45, 2.75) is 32.4 Å². The predicted molar refractivity (Wildman–Crippen MR) is 92.2 cm³/mol. The van der Waals surface area contributed by atoms with Crippen LogP contribution in [0.3, 0.4) is 0 Å². The van der Waals surface area contributed by atoms with Crippen LogP contribution in [0.4, 0.5) is 0 Å². The van der Waals surface area contributed by atoms with E-state index in [4.69, 9.17) is 16.6 Å². The molecule has 0 saturated carbocycles. The molecular formula is C17H21ClN2OS. The van der Waals surface area contributed by atoms with Crippen LogP contribution in [0.25, 0.3) is 10.6 Å². The van der Waals surface area contributed by atoms with Gasteiger partial charge in [-0.25, -0.2) is 4.98 Å². The van der Waals surface area contributed by atoms with Gasteiger partial charge in [0.25, 0.3) is 0 Å². The molecule has 3 nitrogen and oxygen atoms in total. The molecule has 0 radical (unpaired) electrons. The van der Waals surface area contributed by atoms with Crippen LogP contribution in [0.1, 0.15) is 25.5 Å². The molecule has 3 rings (SSSR count). The lowest BCUT2D eigenvalue weighted by atomic mass is 9.93. The van der Waals surface area contributed by atoms with Gasteiger partial charge < -0.3 is 5.11 Å². The zero-order chi connectivity index (χ0) is 15.5. The predicted octanol–water partition coefficient (Wildman–Crippen LogP) is 4.06.